The fourth-order valence-electron chi connectivity index (χ4n) is 2.15. The van der Waals surface area contributed by atoms with E-state index in [9.17, 15) is 4.79 Å². The van der Waals surface area contributed by atoms with Crippen LogP contribution in [0.1, 0.15) is 32.3 Å². The second-order valence-corrected chi connectivity index (χ2v) is 5.72. The van der Waals surface area contributed by atoms with Gasteiger partial charge in [-0.2, -0.15) is 0 Å². The maximum atomic E-state index is 12.0. The molecule has 2 aromatic carbocycles. The summed E-state index contributed by atoms with van der Waals surface area (Å²) in [6, 6.07) is 11.9. The molecule has 0 heterocycles. The summed E-state index contributed by atoms with van der Waals surface area (Å²) in [7, 11) is 1.66. The molecule has 0 saturated heterocycles. The second-order valence-electron chi connectivity index (χ2n) is 5.72. The summed E-state index contributed by atoms with van der Waals surface area (Å²) < 4.78 is 10.5. The first-order valence-electron chi connectivity index (χ1n) is 7.25. The smallest absolute Gasteiger partial charge is 0.313 e. The van der Waals surface area contributed by atoms with E-state index in [-0.39, 0.29) is 11.9 Å². The monoisotopic (exact) mass is 286 g/mol. The van der Waals surface area contributed by atoms with Crippen LogP contribution in [-0.2, 0) is 9.53 Å². The van der Waals surface area contributed by atoms with Gasteiger partial charge in [-0.1, -0.05) is 38.1 Å². The number of rotatable bonds is 5. The highest BCUT2D eigenvalue weighted by Gasteiger charge is 2.17. The first-order valence-corrected chi connectivity index (χ1v) is 7.25. The van der Waals surface area contributed by atoms with Gasteiger partial charge in [0.05, 0.1) is 19.6 Å². The molecule has 2 aromatic rings. The number of benzene rings is 2. The predicted molar refractivity (Wildman–Crippen MR) is 84.7 cm³/mol. The van der Waals surface area contributed by atoms with E-state index in [1.807, 2.05) is 57.2 Å². The van der Waals surface area contributed by atoms with E-state index in [1.54, 1.807) is 7.11 Å². The summed E-state index contributed by atoms with van der Waals surface area (Å²) in [5.41, 5.74) is 0.974. The van der Waals surface area contributed by atoms with Crippen molar-refractivity contribution in [2.24, 2.45) is 5.92 Å². The summed E-state index contributed by atoms with van der Waals surface area (Å²) in [5.74, 6) is 0.761. The zero-order valence-electron chi connectivity index (χ0n) is 13.1. The molecule has 0 aliphatic rings. The Labute approximate surface area is 125 Å². The van der Waals surface area contributed by atoms with Crippen LogP contribution in [0.25, 0.3) is 10.8 Å². The van der Waals surface area contributed by atoms with Gasteiger partial charge in [-0.05, 0) is 41.3 Å². The first-order chi connectivity index (χ1) is 10.0. The van der Waals surface area contributed by atoms with Crippen LogP contribution in [0.3, 0.4) is 0 Å². The Kier molecular flexibility index (Phi) is 4.84. The van der Waals surface area contributed by atoms with E-state index in [1.165, 1.54) is 0 Å². The number of esters is 1. The van der Waals surface area contributed by atoms with Crippen LogP contribution in [0.15, 0.2) is 36.4 Å². The number of carbonyl (C=O) groups is 1. The molecule has 1 atom stereocenters. The predicted octanol–water partition coefficient (Wildman–Crippen LogP) is 4.15. The van der Waals surface area contributed by atoms with Crippen LogP contribution < -0.4 is 4.74 Å². The lowest BCUT2D eigenvalue weighted by atomic mass is 9.98. The molecule has 0 spiro atoms. The van der Waals surface area contributed by atoms with Crippen molar-refractivity contribution >= 4 is 16.7 Å². The third kappa shape index (κ3) is 3.75. The van der Waals surface area contributed by atoms with Crippen LogP contribution >= 0.6 is 0 Å². The maximum Gasteiger partial charge on any atom is 0.313 e. The minimum Gasteiger partial charge on any atom is -0.497 e. The van der Waals surface area contributed by atoms with Crippen molar-refractivity contribution in [2.75, 3.05) is 13.7 Å². The highest BCUT2D eigenvalue weighted by Crippen LogP contribution is 2.25. The standard InChI is InChI=1S/C18H22O3/c1-12(2)11-21-18(19)13(3)14-5-6-16-10-17(20-4)8-7-15(16)9-14/h5-10,12-13H,11H2,1-4H3/t13-/m0/s1. The second kappa shape index (κ2) is 6.61. The van der Waals surface area contributed by atoms with Gasteiger partial charge in [-0.3, -0.25) is 4.79 Å². The van der Waals surface area contributed by atoms with Crippen molar-refractivity contribution < 1.29 is 14.3 Å². The van der Waals surface area contributed by atoms with Crippen molar-refractivity contribution in [2.45, 2.75) is 26.7 Å². The molecule has 0 amide bonds. The van der Waals surface area contributed by atoms with E-state index in [2.05, 4.69) is 0 Å². The van der Waals surface area contributed by atoms with Gasteiger partial charge in [0.2, 0.25) is 0 Å². The Balaban J connectivity index is 2.20. The molecule has 2 rings (SSSR count). The zero-order chi connectivity index (χ0) is 15.4. The highest BCUT2D eigenvalue weighted by molar-refractivity contribution is 5.86. The van der Waals surface area contributed by atoms with Crippen LogP contribution in [-0.4, -0.2) is 19.7 Å². The number of hydrogen-bond donors (Lipinski definition) is 0. The minimum absolute atomic E-state index is 0.170. The summed E-state index contributed by atoms with van der Waals surface area (Å²) >= 11 is 0. The van der Waals surface area contributed by atoms with Gasteiger partial charge in [-0.15, -0.1) is 0 Å². The molecule has 0 fully saturated rings. The Morgan fingerprint density at radius 1 is 1.05 bits per heavy atom. The number of hydrogen-bond acceptors (Lipinski definition) is 3. The molecule has 0 saturated carbocycles. The Bertz CT molecular complexity index is 631. The molecule has 0 N–H and O–H groups in total. The lowest BCUT2D eigenvalue weighted by Crippen LogP contribution is -2.16. The summed E-state index contributed by atoms with van der Waals surface area (Å²) in [6.45, 7) is 6.41. The number of fused-ring (bicyclic) bond motifs is 1. The van der Waals surface area contributed by atoms with E-state index in [0.29, 0.717) is 12.5 Å². The molecule has 0 aliphatic heterocycles. The van der Waals surface area contributed by atoms with Gasteiger partial charge < -0.3 is 9.47 Å². The van der Waals surface area contributed by atoms with Crippen molar-refractivity contribution in [1.82, 2.24) is 0 Å². The van der Waals surface area contributed by atoms with Gasteiger partial charge >= 0.3 is 5.97 Å². The number of methoxy groups -OCH3 is 1. The van der Waals surface area contributed by atoms with Crippen LogP contribution in [0.2, 0.25) is 0 Å². The van der Waals surface area contributed by atoms with E-state index in [0.717, 1.165) is 22.1 Å². The number of carbonyl (C=O) groups excluding carboxylic acids is 1. The third-order valence-corrected chi connectivity index (χ3v) is 3.48. The zero-order valence-corrected chi connectivity index (χ0v) is 13.1. The molecule has 0 aromatic heterocycles. The summed E-state index contributed by atoms with van der Waals surface area (Å²) in [5, 5.41) is 2.19. The fraction of sp³-hybridized carbons (Fsp3) is 0.389. The van der Waals surface area contributed by atoms with Gasteiger partial charge in [-0.25, -0.2) is 0 Å². The molecular formula is C18H22O3. The molecular weight excluding hydrogens is 264 g/mol. The molecule has 0 radical (unpaired) electrons. The molecule has 0 bridgehead atoms. The SMILES string of the molecule is COc1ccc2cc([C@H](C)C(=O)OCC(C)C)ccc2c1. The van der Waals surface area contributed by atoms with Crippen LogP contribution in [0.5, 0.6) is 5.75 Å². The topological polar surface area (TPSA) is 35.5 Å². The van der Waals surface area contributed by atoms with Crippen molar-refractivity contribution in [3.8, 4) is 5.75 Å². The highest BCUT2D eigenvalue weighted by atomic mass is 16.5. The summed E-state index contributed by atoms with van der Waals surface area (Å²) in [6.07, 6.45) is 0. The van der Waals surface area contributed by atoms with Gasteiger partial charge in [0.25, 0.3) is 0 Å². The Morgan fingerprint density at radius 3 is 2.38 bits per heavy atom. The number of ether oxygens (including phenoxy) is 2. The lowest BCUT2D eigenvalue weighted by molar-refractivity contribution is -0.146. The molecule has 21 heavy (non-hydrogen) atoms. The Morgan fingerprint density at radius 2 is 1.71 bits per heavy atom. The van der Waals surface area contributed by atoms with Gasteiger partial charge in [0.15, 0.2) is 0 Å². The molecule has 112 valence electrons. The van der Waals surface area contributed by atoms with E-state index < -0.39 is 0 Å². The van der Waals surface area contributed by atoms with Crippen molar-refractivity contribution in [3.63, 3.8) is 0 Å². The molecule has 3 heteroatoms. The Hall–Kier alpha value is -2.03. The first kappa shape index (κ1) is 15.4. The van der Waals surface area contributed by atoms with E-state index >= 15 is 0 Å². The lowest BCUT2D eigenvalue weighted by Gasteiger charge is -2.14. The maximum absolute atomic E-state index is 12.0. The van der Waals surface area contributed by atoms with Crippen molar-refractivity contribution in [3.05, 3.63) is 42.0 Å². The quantitative estimate of drug-likeness (QED) is 0.774. The normalized spacial score (nSPS) is 12.4. The molecule has 0 unspecified atom stereocenters. The van der Waals surface area contributed by atoms with Crippen LogP contribution in [0.4, 0.5) is 0 Å². The molecule has 3 nitrogen and oxygen atoms in total. The largest absolute Gasteiger partial charge is 0.497 e. The van der Waals surface area contributed by atoms with E-state index in [4.69, 9.17) is 9.47 Å². The average Bonchev–Trinajstić information content (AvgIpc) is 2.50. The third-order valence-electron chi connectivity index (χ3n) is 3.48. The van der Waals surface area contributed by atoms with Crippen LogP contribution in [0, 0.1) is 5.92 Å². The van der Waals surface area contributed by atoms with Crippen molar-refractivity contribution in [1.29, 1.82) is 0 Å². The van der Waals surface area contributed by atoms with Gasteiger partial charge in [0, 0.05) is 0 Å². The fourth-order valence-corrected chi connectivity index (χ4v) is 2.15. The minimum atomic E-state index is -0.254. The molecule has 0 aliphatic carbocycles. The average molecular weight is 286 g/mol. The summed E-state index contributed by atoms with van der Waals surface area (Å²) in [4.78, 5) is 12.0. The van der Waals surface area contributed by atoms with Gasteiger partial charge in [0.1, 0.15) is 5.75 Å².